The maximum atomic E-state index is 4.13. The minimum absolute atomic E-state index is 1.38. The van der Waals surface area contributed by atoms with Gasteiger partial charge < -0.3 is 0 Å². The first-order valence-electron chi connectivity index (χ1n) is 4.48. The van der Waals surface area contributed by atoms with Crippen LogP contribution in [0.15, 0.2) is 22.8 Å². The second kappa shape index (κ2) is 5.02. The van der Waals surface area contributed by atoms with Gasteiger partial charge in [-0.15, -0.1) is 0 Å². The predicted molar refractivity (Wildman–Crippen MR) is 56.5 cm³/mol. The number of allylic oxidation sites excluding steroid dienone is 2. The zero-order chi connectivity index (χ0) is 8.91. The fraction of sp³-hybridized carbons (Fsp3) is 0.600. The average Bonchev–Trinajstić information content (AvgIpc) is 2.08. The van der Waals surface area contributed by atoms with Gasteiger partial charge in [0.2, 0.25) is 0 Å². The van der Waals surface area contributed by atoms with E-state index in [0.29, 0.717) is 0 Å². The van der Waals surface area contributed by atoms with Gasteiger partial charge in [-0.1, -0.05) is 0 Å². The van der Waals surface area contributed by atoms with Gasteiger partial charge in [0.25, 0.3) is 0 Å². The van der Waals surface area contributed by atoms with Crippen LogP contribution in [0.4, 0.5) is 0 Å². The monoisotopic (exact) mass is 260 g/mol. The van der Waals surface area contributed by atoms with Crippen molar-refractivity contribution in [2.75, 3.05) is 0 Å². The predicted octanol–water partition coefficient (Wildman–Crippen LogP) is 3.78. The maximum absolute atomic E-state index is 4.13. The van der Waals surface area contributed by atoms with Gasteiger partial charge in [-0.25, -0.2) is 0 Å². The number of hydrogen-bond acceptors (Lipinski definition) is 0. The van der Waals surface area contributed by atoms with Crippen molar-refractivity contribution in [3.8, 4) is 0 Å². The second-order valence-electron chi connectivity index (χ2n) is 3.07. The van der Waals surface area contributed by atoms with E-state index in [9.17, 15) is 0 Å². The van der Waals surface area contributed by atoms with Gasteiger partial charge in [0.1, 0.15) is 0 Å². The van der Waals surface area contributed by atoms with E-state index < -0.39 is 18.4 Å². The van der Waals surface area contributed by atoms with Crippen LogP contribution in [0.3, 0.4) is 0 Å². The van der Waals surface area contributed by atoms with Crippen LogP contribution in [0.5, 0.6) is 0 Å². The molecule has 0 aliphatic carbocycles. The molecule has 0 atom stereocenters. The van der Waals surface area contributed by atoms with E-state index in [4.69, 9.17) is 0 Å². The Bertz CT molecular complexity index is 135. The first-order chi connectivity index (χ1) is 5.16. The molecule has 0 aromatic heterocycles. The van der Waals surface area contributed by atoms with Gasteiger partial charge in [0, 0.05) is 0 Å². The standard InChI is InChI=1S/C4H5.3C2H5.Sn/c1-3-4-2;3*1-2;/h3H,1-2H2;3*1H2,2H3;. The molecule has 11 heavy (non-hydrogen) atoms. The second-order valence-corrected chi connectivity index (χ2v) is 18.3. The molecule has 0 radical (unpaired) electrons. The molecule has 0 aliphatic heterocycles. The molecule has 0 bridgehead atoms. The Balaban J connectivity index is 4.52. The van der Waals surface area contributed by atoms with E-state index in [0.717, 1.165) is 0 Å². The van der Waals surface area contributed by atoms with Crippen molar-refractivity contribution >= 4 is 18.4 Å². The third-order valence-electron chi connectivity index (χ3n) is 2.96. The van der Waals surface area contributed by atoms with Crippen molar-refractivity contribution in [3.05, 3.63) is 22.8 Å². The summed E-state index contributed by atoms with van der Waals surface area (Å²) in [5, 5.41) is 0. The van der Waals surface area contributed by atoms with Crippen LogP contribution in [0.25, 0.3) is 0 Å². The van der Waals surface area contributed by atoms with Gasteiger partial charge in [0.15, 0.2) is 0 Å². The van der Waals surface area contributed by atoms with Gasteiger partial charge in [-0.2, -0.15) is 0 Å². The Hall–Kier alpha value is 0.279. The Morgan fingerprint density at radius 1 is 1.18 bits per heavy atom. The third kappa shape index (κ3) is 2.36. The molecule has 1 heteroatoms. The van der Waals surface area contributed by atoms with E-state index in [1.165, 1.54) is 16.9 Å². The normalized spacial score (nSPS) is 11.2. The van der Waals surface area contributed by atoms with Crippen LogP contribution in [0, 0.1) is 0 Å². The van der Waals surface area contributed by atoms with E-state index in [1.807, 2.05) is 6.08 Å². The average molecular weight is 259 g/mol. The Morgan fingerprint density at radius 3 is 1.64 bits per heavy atom. The molecule has 0 fully saturated rings. The van der Waals surface area contributed by atoms with E-state index in [2.05, 4.69) is 33.9 Å². The molecule has 0 heterocycles. The molecule has 0 rings (SSSR count). The number of rotatable bonds is 5. The van der Waals surface area contributed by atoms with E-state index >= 15 is 0 Å². The van der Waals surface area contributed by atoms with Crippen LogP contribution in [0.1, 0.15) is 20.8 Å². The zero-order valence-corrected chi connectivity index (χ0v) is 11.0. The van der Waals surface area contributed by atoms with Crippen LogP contribution in [0.2, 0.25) is 13.3 Å². The number of hydrogen-bond donors (Lipinski definition) is 0. The van der Waals surface area contributed by atoms with Crippen LogP contribution >= 0.6 is 0 Å². The molecule has 0 aliphatic rings. The van der Waals surface area contributed by atoms with Crippen LogP contribution < -0.4 is 0 Å². The minimum atomic E-state index is -1.88. The third-order valence-corrected chi connectivity index (χ3v) is 19.0. The van der Waals surface area contributed by atoms with Crippen molar-refractivity contribution < 1.29 is 0 Å². The fourth-order valence-corrected chi connectivity index (χ4v) is 11.1. The summed E-state index contributed by atoms with van der Waals surface area (Å²) < 4.78 is 5.55. The van der Waals surface area contributed by atoms with E-state index in [-0.39, 0.29) is 0 Å². The molecule has 0 nitrogen and oxygen atoms in total. The first-order valence-corrected chi connectivity index (χ1v) is 12.0. The molecule has 0 aromatic carbocycles. The van der Waals surface area contributed by atoms with Crippen molar-refractivity contribution in [2.45, 2.75) is 34.1 Å². The molecule has 0 aromatic rings. The van der Waals surface area contributed by atoms with Gasteiger partial charge in [0.05, 0.1) is 0 Å². The summed E-state index contributed by atoms with van der Waals surface area (Å²) in [6.45, 7) is 14.9. The van der Waals surface area contributed by atoms with Crippen molar-refractivity contribution in [1.82, 2.24) is 0 Å². The molecule has 0 spiro atoms. The quantitative estimate of drug-likeness (QED) is 0.520. The summed E-state index contributed by atoms with van der Waals surface area (Å²) in [6.07, 6.45) is 1.99. The molecule has 0 saturated heterocycles. The summed E-state index contributed by atoms with van der Waals surface area (Å²) in [6, 6.07) is 0. The van der Waals surface area contributed by atoms with E-state index in [1.54, 1.807) is 0 Å². The van der Waals surface area contributed by atoms with Gasteiger partial charge in [-0.3, -0.25) is 0 Å². The SMILES string of the molecule is C=C[C](=C)[Sn]([CH2]C)([CH2]C)[CH2]C. The Kier molecular flexibility index (Phi) is 5.15. The Morgan fingerprint density at radius 2 is 1.55 bits per heavy atom. The topological polar surface area (TPSA) is 0 Å². The fourth-order valence-electron chi connectivity index (χ4n) is 1.65. The van der Waals surface area contributed by atoms with Gasteiger partial charge >= 0.3 is 75.3 Å². The zero-order valence-electron chi connectivity index (χ0n) is 8.11. The molecule has 64 valence electrons. The molecule has 0 amide bonds. The van der Waals surface area contributed by atoms with Crippen molar-refractivity contribution in [3.63, 3.8) is 0 Å². The molecule has 0 saturated carbocycles. The van der Waals surface area contributed by atoms with Crippen molar-refractivity contribution in [1.29, 1.82) is 0 Å². The summed E-state index contributed by atoms with van der Waals surface area (Å²) >= 11 is -1.88. The van der Waals surface area contributed by atoms with Gasteiger partial charge in [-0.05, 0) is 0 Å². The summed E-state index contributed by atoms with van der Waals surface area (Å²) in [5.74, 6) is 0. The first kappa shape index (κ1) is 11.3. The molecule has 0 N–H and O–H groups in total. The molecular weight excluding hydrogens is 239 g/mol. The van der Waals surface area contributed by atoms with Crippen LogP contribution in [-0.4, -0.2) is 18.4 Å². The molecular formula is C10H20Sn. The molecule has 0 unspecified atom stereocenters. The van der Waals surface area contributed by atoms with Crippen molar-refractivity contribution in [2.24, 2.45) is 0 Å². The van der Waals surface area contributed by atoms with Crippen LogP contribution in [-0.2, 0) is 0 Å². The summed E-state index contributed by atoms with van der Waals surface area (Å²) in [7, 11) is 0. The summed E-state index contributed by atoms with van der Waals surface area (Å²) in [5.41, 5.74) is 0. The Labute approximate surface area is 75.3 Å². The summed E-state index contributed by atoms with van der Waals surface area (Å²) in [4.78, 5) is 0.